The third-order valence-corrected chi connectivity index (χ3v) is 2.67. The third-order valence-electron chi connectivity index (χ3n) is 2.67. The Morgan fingerprint density at radius 1 is 1.07 bits per heavy atom. The van der Waals surface area contributed by atoms with Gasteiger partial charge in [0, 0.05) is 16.3 Å². The van der Waals surface area contributed by atoms with E-state index in [2.05, 4.69) is 51.3 Å². The molecule has 15 heavy (non-hydrogen) atoms. The molecular formula is C12H12N3+. The van der Waals surface area contributed by atoms with Gasteiger partial charge in [0.2, 0.25) is 6.20 Å². The molecule has 0 radical (unpaired) electrons. The summed E-state index contributed by atoms with van der Waals surface area (Å²) in [5.74, 6) is 0. The summed E-state index contributed by atoms with van der Waals surface area (Å²) >= 11 is 0. The van der Waals surface area contributed by atoms with Crippen LogP contribution in [0.2, 0.25) is 0 Å². The fourth-order valence-electron chi connectivity index (χ4n) is 1.90. The van der Waals surface area contributed by atoms with Gasteiger partial charge in [-0.3, -0.25) is 0 Å². The number of hydrogen-bond acceptors (Lipinski definition) is 0. The highest BCUT2D eigenvalue weighted by atomic mass is 15.5. The van der Waals surface area contributed by atoms with Crippen molar-refractivity contribution >= 4 is 0 Å². The number of nitrogens with zero attached hydrogens (tertiary/aromatic N) is 3. The van der Waals surface area contributed by atoms with Crippen LogP contribution in [-0.2, 0) is 7.05 Å². The van der Waals surface area contributed by atoms with Gasteiger partial charge in [0.25, 0.3) is 0 Å². The fourth-order valence-corrected chi connectivity index (χ4v) is 1.90. The first-order valence-corrected chi connectivity index (χ1v) is 4.96. The summed E-state index contributed by atoms with van der Waals surface area (Å²) in [6, 6.07) is 12.4. The number of aryl methyl sites for hydroxylation is 1. The van der Waals surface area contributed by atoms with Gasteiger partial charge in [-0.25, -0.2) is 0 Å². The van der Waals surface area contributed by atoms with Crippen molar-refractivity contribution in [1.29, 1.82) is 0 Å². The van der Waals surface area contributed by atoms with Crippen LogP contribution in [0.15, 0.2) is 55.0 Å². The maximum Gasteiger partial charge on any atom is 0.230 e. The predicted molar refractivity (Wildman–Crippen MR) is 57.5 cm³/mol. The highest BCUT2D eigenvalue weighted by Crippen LogP contribution is 2.15. The Bertz CT molecular complexity index is 590. The van der Waals surface area contributed by atoms with Crippen molar-refractivity contribution in [2.24, 2.45) is 7.05 Å². The lowest BCUT2D eigenvalue weighted by Gasteiger charge is -1.95. The van der Waals surface area contributed by atoms with E-state index in [4.69, 9.17) is 0 Å². The number of hydrogen-bond donors (Lipinski definition) is 0. The highest BCUT2D eigenvalue weighted by Gasteiger charge is 2.12. The maximum absolute atomic E-state index is 2.12. The summed E-state index contributed by atoms with van der Waals surface area (Å²) < 4.78 is 6.24. The molecule has 1 aromatic carbocycles. The van der Waals surface area contributed by atoms with Crippen molar-refractivity contribution in [3.63, 3.8) is 0 Å². The molecule has 3 aromatic rings. The molecule has 0 bridgehead atoms. The molecule has 0 aliphatic rings. The van der Waals surface area contributed by atoms with E-state index in [1.54, 1.807) is 0 Å². The molecular weight excluding hydrogens is 186 g/mol. The van der Waals surface area contributed by atoms with E-state index in [1.165, 1.54) is 11.3 Å². The number of fused-ring (bicyclic) bond motifs is 1. The van der Waals surface area contributed by atoms with E-state index < -0.39 is 0 Å². The van der Waals surface area contributed by atoms with Crippen molar-refractivity contribution in [1.82, 2.24) is 9.20 Å². The van der Waals surface area contributed by atoms with Crippen LogP contribution < -0.4 is 4.63 Å². The molecule has 0 amide bonds. The molecule has 3 nitrogen and oxygen atoms in total. The van der Waals surface area contributed by atoms with E-state index in [0.29, 0.717) is 0 Å². The molecule has 0 atom stereocenters. The minimum atomic E-state index is 1.20. The van der Waals surface area contributed by atoms with Gasteiger partial charge in [-0.1, -0.05) is 30.3 Å². The average Bonchev–Trinajstić information content (AvgIpc) is 2.83. The summed E-state index contributed by atoms with van der Waals surface area (Å²) in [4.78, 5) is 0. The lowest BCUT2D eigenvalue weighted by atomic mass is 10.2. The van der Waals surface area contributed by atoms with Crippen LogP contribution in [0.3, 0.4) is 0 Å². The molecule has 0 aliphatic heterocycles. The maximum atomic E-state index is 2.12. The summed E-state index contributed by atoms with van der Waals surface area (Å²) in [5.41, 5.74) is 2.44. The van der Waals surface area contributed by atoms with Gasteiger partial charge in [0.1, 0.15) is 11.9 Å². The summed E-state index contributed by atoms with van der Waals surface area (Å²) in [6.45, 7) is 0. The zero-order valence-electron chi connectivity index (χ0n) is 8.54. The fraction of sp³-hybridized carbons (Fsp3) is 0.0833. The van der Waals surface area contributed by atoms with E-state index in [-0.39, 0.29) is 0 Å². The van der Waals surface area contributed by atoms with Gasteiger partial charge < -0.3 is 0 Å². The highest BCUT2D eigenvalue weighted by molar-refractivity contribution is 5.57. The van der Waals surface area contributed by atoms with Crippen molar-refractivity contribution in [3.05, 3.63) is 55.0 Å². The van der Waals surface area contributed by atoms with E-state index in [1.807, 2.05) is 24.5 Å². The van der Waals surface area contributed by atoms with E-state index in [0.717, 1.165) is 0 Å². The third kappa shape index (κ3) is 1.16. The standard InChI is InChI=1S/C12H12N3/c1-13-12(11-6-3-2-4-7-11)10-14-8-5-9-15(13)14/h2-10H,1H3/q+1. The van der Waals surface area contributed by atoms with Gasteiger partial charge in [0.05, 0.1) is 13.2 Å². The van der Waals surface area contributed by atoms with Crippen LogP contribution in [0.1, 0.15) is 0 Å². The summed E-state index contributed by atoms with van der Waals surface area (Å²) in [6.07, 6.45) is 6.19. The van der Waals surface area contributed by atoms with Crippen LogP contribution in [0, 0.1) is 0 Å². The topological polar surface area (TPSA) is 13.4 Å². The van der Waals surface area contributed by atoms with Crippen molar-refractivity contribution in [2.45, 2.75) is 0 Å². The lowest BCUT2D eigenvalue weighted by Crippen LogP contribution is -2.33. The van der Waals surface area contributed by atoms with Gasteiger partial charge in [0.15, 0.2) is 0 Å². The second-order valence-corrected chi connectivity index (χ2v) is 3.59. The van der Waals surface area contributed by atoms with Crippen molar-refractivity contribution in [2.75, 3.05) is 0 Å². The Labute approximate surface area is 87.8 Å². The lowest BCUT2D eigenvalue weighted by molar-refractivity contribution is -0.696. The number of aromatic nitrogens is 3. The normalized spacial score (nSPS) is 11.0. The Morgan fingerprint density at radius 3 is 2.60 bits per heavy atom. The molecule has 0 unspecified atom stereocenters. The quantitative estimate of drug-likeness (QED) is 0.526. The van der Waals surface area contributed by atoms with Crippen LogP contribution in [0.5, 0.6) is 0 Å². The Kier molecular flexibility index (Phi) is 1.65. The number of benzene rings is 1. The summed E-state index contributed by atoms with van der Waals surface area (Å²) in [5, 5.41) is 0. The molecule has 74 valence electrons. The zero-order valence-corrected chi connectivity index (χ0v) is 8.54. The monoisotopic (exact) mass is 198 g/mol. The van der Waals surface area contributed by atoms with Crippen LogP contribution >= 0.6 is 0 Å². The average molecular weight is 198 g/mol. The SMILES string of the molecule is Cn1c(-c2ccccc2)cn2ccc[n+]12. The van der Waals surface area contributed by atoms with Gasteiger partial charge in [-0.05, 0) is 0 Å². The van der Waals surface area contributed by atoms with Crippen LogP contribution in [0.4, 0.5) is 0 Å². The van der Waals surface area contributed by atoms with Crippen molar-refractivity contribution < 1.29 is 4.63 Å². The summed E-state index contributed by atoms with van der Waals surface area (Å²) in [7, 11) is 2.06. The first-order chi connectivity index (χ1) is 7.36. The van der Waals surface area contributed by atoms with E-state index >= 15 is 0 Å². The van der Waals surface area contributed by atoms with Crippen molar-refractivity contribution in [3.8, 4) is 11.3 Å². The zero-order chi connectivity index (χ0) is 10.3. The molecule has 0 aliphatic carbocycles. The van der Waals surface area contributed by atoms with E-state index in [9.17, 15) is 0 Å². The second-order valence-electron chi connectivity index (χ2n) is 3.59. The smallest absolute Gasteiger partial charge is 0.126 e. The number of rotatable bonds is 1. The molecule has 3 rings (SSSR count). The first kappa shape index (κ1) is 8.29. The molecule has 3 heteroatoms. The largest absolute Gasteiger partial charge is 0.230 e. The Morgan fingerprint density at radius 2 is 1.87 bits per heavy atom. The molecule has 0 saturated heterocycles. The first-order valence-electron chi connectivity index (χ1n) is 4.96. The molecule has 0 N–H and O–H groups in total. The van der Waals surface area contributed by atoms with Gasteiger partial charge >= 0.3 is 0 Å². The minimum Gasteiger partial charge on any atom is -0.126 e. The molecule has 0 saturated carbocycles. The molecule has 2 aromatic heterocycles. The molecule has 0 spiro atoms. The van der Waals surface area contributed by atoms with Gasteiger partial charge in [-0.2, -0.15) is 0 Å². The van der Waals surface area contributed by atoms with Crippen LogP contribution in [-0.4, -0.2) is 9.20 Å². The second kappa shape index (κ2) is 2.98. The predicted octanol–water partition coefficient (Wildman–Crippen LogP) is 1.53. The van der Waals surface area contributed by atoms with Gasteiger partial charge in [-0.15, -0.1) is 9.20 Å². The Hall–Kier alpha value is -2.03. The minimum absolute atomic E-state index is 1.20. The Balaban J connectivity index is 2.27. The molecule has 2 heterocycles. The molecule has 0 fully saturated rings. The van der Waals surface area contributed by atoms with Crippen LogP contribution in [0.25, 0.3) is 11.3 Å².